The third-order valence-corrected chi connectivity index (χ3v) is 4.41. The summed E-state index contributed by atoms with van der Waals surface area (Å²) >= 11 is 8.13. The SMILES string of the molecule is CN1C(=O)CN=C(c2ccc([131I])cc2[18F])c2cc(Cl)ccc21. The maximum Gasteiger partial charge on any atom is 0.248 e. The smallest absolute Gasteiger partial charge is 0.248 e. The maximum absolute atomic E-state index is 14.3. The number of hydrogen-bond donors (Lipinski definition) is 0. The highest BCUT2D eigenvalue weighted by Crippen LogP contribution is 2.29. The molecule has 3 rings (SSSR count). The number of carbonyl (C=O) groups excluding carboxylic acids is 1. The molecular weight excluding hydrogens is 421 g/mol. The fraction of sp³-hybridized carbons (Fsp3) is 0.125. The largest absolute Gasteiger partial charge is 0.313 e. The molecule has 0 fully saturated rings. The molecule has 0 aliphatic carbocycles. The van der Waals surface area contributed by atoms with Gasteiger partial charge >= 0.3 is 0 Å². The first-order valence-corrected chi connectivity index (χ1v) is 7.99. The van der Waals surface area contributed by atoms with Gasteiger partial charge in [0, 0.05) is 26.8 Å². The third kappa shape index (κ3) is 2.75. The van der Waals surface area contributed by atoms with E-state index in [-0.39, 0.29) is 18.3 Å². The summed E-state index contributed by atoms with van der Waals surface area (Å²) in [5.41, 5.74) is 2.14. The van der Waals surface area contributed by atoms with Crippen molar-refractivity contribution in [2.45, 2.75) is 0 Å². The van der Waals surface area contributed by atoms with Crippen LogP contribution in [-0.2, 0) is 4.79 Å². The average molecular weight is 432 g/mol. The van der Waals surface area contributed by atoms with Gasteiger partial charge in [-0.2, -0.15) is 0 Å². The van der Waals surface area contributed by atoms with Crippen LogP contribution in [0.25, 0.3) is 0 Å². The minimum Gasteiger partial charge on any atom is -0.313 e. The van der Waals surface area contributed by atoms with E-state index in [1.54, 1.807) is 31.3 Å². The van der Waals surface area contributed by atoms with Crippen molar-refractivity contribution >= 4 is 51.5 Å². The van der Waals surface area contributed by atoms with Gasteiger partial charge < -0.3 is 4.90 Å². The molecule has 0 bridgehead atoms. The third-order valence-electron chi connectivity index (χ3n) is 3.51. The molecule has 1 amide bonds. The zero-order chi connectivity index (χ0) is 15.9. The Morgan fingerprint density at radius 1 is 1.23 bits per heavy atom. The first-order valence-electron chi connectivity index (χ1n) is 6.53. The van der Waals surface area contributed by atoms with Gasteiger partial charge in [0.1, 0.15) is 12.4 Å². The Bertz CT molecular complexity index is 807. The first kappa shape index (κ1) is 15.4. The quantitative estimate of drug-likeness (QED) is 0.631. The molecule has 0 saturated heterocycles. The van der Waals surface area contributed by atoms with Crippen LogP contribution in [0, 0.1) is 9.39 Å². The summed E-state index contributed by atoms with van der Waals surface area (Å²) in [6.45, 7) is -0.0242. The van der Waals surface area contributed by atoms with Crippen LogP contribution >= 0.6 is 34.2 Å². The molecule has 3 nitrogen and oxygen atoms in total. The average Bonchev–Trinajstić information content (AvgIpc) is 2.58. The van der Waals surface area contributed by atoms with Crippen molar-refractivity contribution in [3.63, 3.8) is 0 Å². The summed E-state index contributed by atoms with van der Waals surface area (Å²) in [4.78, 5) is 17.9. The number of rotatable bonds is 1. The predicted octanol–water partition coefficient (Wildman–Crippen LogP) is 3.90. The summed E-state index contributed by atoms with van der Waals surface area (Å²) in [5, 5.41) is 0.514. The highest BCUT2D eigenvalue weighted by Gasteiger charge is 2.24. The molecule has 0 spiro atoms. The van der Waals surface area contributed by atoms with E-state index in [4.69, 9.17) is 11.6 Å². The van der Waals surface area contributed by atoms with Crippen LogP contribution < -0.4 is 4.90 Å². The van der Waals surface area contributed by atoms with Crippen molar-refractivity contribution in [3.05, 3.63) is 61.9 Å². The molecule has 0 N–H and O–H groups in total. The van der Waals surface area contributed by atoms with Crippen molar-refractivity contribution < 1.29 is 9.18 Å². The number of nitrogens with zero attached hydrogens (tertiary/aromatic N) is 2. The molecule has 1 aliphatic heterocycles. The predicted molar refractivity (Wildman–Crippen MR) is 94.5 cm³/mol. The lowest BCUT2D eigenvalue weighted by Gasteiger charge is -2.18. The van der Waals surface area contributed by atoms with E-state index in [1.165, 1.54) is 11.0 Å². The molecule has 6 heteroatoms. The van der Waals surface area contributed by atoms with Gasteiger partial charge in [-0.15, -0.1) is 0 Å². The van der Waals surface area contributed by atoms with E-state index in [0.29, 0.717) is 27.5 Å². The molecule has 1 aliphatic rings. The minimum atomic E-state index is -0.367. The Hall–Kier alpha value is -1.47. The van der Waals surface area contributed by atoms with E-state index in [9.17, 15) is 9.18 Å². The Balaban J connectivity index is 2.25. The lowest BCUT2D eigenvalue weighted by atomic mass is 10.00. The van der Waals surface area contributed by atoms with Crippen LogP contribution in [-0.4, -0.2) is 25.2 Å². The van der Waals surface area contributed by atoms with Gasteiger partial charge in [0.2, 0.25) is 5.91 Å². The molecule has 22 heavy (non-hydrogen) atoms. The Morgan fingerprint density at radius 2 is 2.00 bits per heavy atom. The lowest BCUT2D eigenvalue weighted by Crippen LogP contribution is -2.27. The minimum absolute atomic E-state index is 0.0242. The van der Waals surface area contributed by atoms with Crippen LogP contribution in [0.1, 0.15) is 11.1 Å². The number of benzodiazepines with no additional fused rings is 1. The van der Waals surface area contributed by atoms with E-state index >= 15 is 0 Å². The molecular formula is C16H11ClFIN2O. The van der Waals surface area contributed by atoms with Crippen LogP contribution in [0.2, 0.25) is 5.02 Å². The van der Waals surface area contributed by atoms with Gasteiger partial charge in [-0.25, -0.2) is 4.39 Å². The van der Waals surface area contributed by atoms with Crippen LogP contribution in [0.4, 0.5) is 10.1 Å². The van der Waals surface area contributed by atoms with Gasteiger partial charge in [0.25, 0.3) is 0 Å². The number of halogens is 3. The van der Waals surface area contributed by atoms with Crippen LogP contribution in [0.5, 0.6) is 0 Å². The second-order valence-electron chi connectivity index (χ2n) is 4.90. The van der Waals surface area contributed by atoms with E-state index in [1.807, 2.05) is 28.7 Å². The number of anilines is 1. The van der Waals surface area contributed by atoms with Crippen molar-refractivity contribution in [2.75, 3.05) is 18.5 Å². The number of amides is 1. The summed E-state index contributed by atoms with van der Waals surface area (Å²) in [7, 11) is 1.68. The highest BCUT2D eigenvalue weighted by molar-refractivity contribution is 14.1. The summed E-state index contributed by atoms with van der Waals surface area (Å²) < 4.78 is 15.1. The number of benzene rings is 2. The Kier molecular flexibility index (Phi) is 4.18. The van der Waals surface area contributed by atoms with Gasteiger partial charge in [-0.3, -0.25) is 9.79 Å². The Morgan fingerprint density at radius 3 is 2.73 bits per heavy atom. The van der Waals surface area contributed by atoms with Crippen LogP contribution in [0.15, 0.2) is 41.4 Å². The molecule has 0 saturated carbocycles. The first-order chi connectivity index (χ1) is 10.5. The number of hydrogen-bond acceptors (Lipinski definition) is 2. The number of carbonyl (C=O) groups is 1. The zero-order valence-electron chi connectivity index (χ0n) is 11.6. The zero-order valence-corrected chi connectivity index (χ0v) is 14.5. The van der Waals surface area contributed by atoms with Gasteiger partial charge in [-0.05, 0) is 59.0 Å². The second-order valence-corrected chi connectivity index (χ2v) is 6.59. The summed E-state index contributed by atoms with van der Waals surface area (Å²) in [6.07, 6.45) is 0. The Labute approximate surface area is 145 Å². The molecule has 0 unspecified atom stereocenters. The fourth-order valence-corrected chi connectivity index (χ4v) is 3.00. The maximum atomic E-state index is 14.3. The molecule has 2 aromatic rings. The normalized spacial score (nSPS) is 14.5. The fourth-order valence-electron chi connectivity index (χ4n) is 2.37. The number of likely N-dealkylation sites (N-methyl/N-ethyl adjacent to an activating group) is 1. The number of aliphatic imine (C=N–C) groups is 1. The van der Waals surface area contributed by atoms with Gasteiger partial charge in [0.05, 0.1) is 11.4 Å². The molecule has 0 atom stereocenters. The van der Waals surface area contributed by atoms with Gasteiger partial charge in [-0.1, -0.05) is 11.6 Å². The van der Waals surface area contributed by atoms with Crippen molar-refractivity contribution in [3.8, 4) is 0 Å². The molecule has 0 radical (unpaired) electrons. The standard InChI is InChI=1S/C16H11ClFIN2O/c1-21-14-5-2-9(17)6-12(14)16(20-8-15(21)22)11-4-3-10(19)7-13(11)18/h2-7H,8H2,1H3/i18-1,19+4. The van der Waals surface area contributed by atoms with E-state index in [0.717, 1.165) is 3.57 Å². The summed E-state index contributed by atoms with van der Waals surface area (Å²) in [6, 6.07) is 10.1. The van der Waals surface area contributed by atoms with Crippen molar-refractivity contribution in [1.29, 1.82) is 0 Å². The van der Waals surface area contributed by atoms with E-state index < -0.39 is 0 Å². The molecule has 112 valence electrons. The highest BCUT2D eigenvalue weighted by atomic mass is 131. The van der Waals surface area contributed by atoms with Crippen molar-refractivity contribution in [2.24, 2.45) is 4.99 Å². The van der Waals surface area contributed by atoms with Crippen molar-refractivity contribution in [1.82, 2.24) is 0 Å². The summed E-state index contributed by atoms with van der Waals surface area (Å²) in [5.74, 6) is -0.516. The molecule has 1 heterocycles. The van der Waals surface area contributed by atoms with Gasteiger partial charge in [0.15, 0.2) is 0 Å². The van der Waals surface area contributed by atoms with Crippen LogP contribution in [0.3, 0.4) is 0 Å². The lowest BCUT2D eigenvalue weighted by molar-refractivity contribution is -0.116. The molecule has 0 aromatic heterocycles. The number of fused-ring (bicyclic) bond motifs is 1. The molecule has 2 aromatic carbocycles. The van der Waals surface area contributed by atoms with E-state index in [2.05, 4.69) is 4.99 Å². The second kappa shape index (κ2) is 5.96. The monoisotopic (exact) mass is 431 g/mol. The topological polar surface area (TPSA) is 32.7 Å².